The van der Waals surface area contributed by atoms with Gasteiger partial charge in [-0.2, -0.15) is 4.39 Å². The number of nitro benzene ring substituents is 1. The van der Waals surface area contributed by atoms with E-state index in [1.165, 1.54) is 12.1 Å². The molecule has 0 aliphatic rings. The van der Waals surface area contributed by atoms with Crippen molar-refractivity contribution in [1.82, 2.24) is 0 Å². The van der Waals surface area contributed by atoms with Crippen molar-refractivity contribution in [2.75, 3.05) is 19.0 Å². The average Bonchev–Trinajstić information content (AvgIpc) is 2.26. The number of rotatable bonds is 5. The fourth-order valence-electron chi connectivity index (χ4n) is 1.22. The predicted molar refractivity (Wildman–Crippen MR) is 62.6 cm³/mol. The lowest BCUT2D eigenvalue weighted by Crippen LogP contribution is -2.32. The molecule has 0 spiro atoms. The van der Waals surface area contributed by atoms with Gasteiger partial charge in [0.25, 0.3) is 0 Å². The molecule has 0 atom stereocenters. The maximum absolute atomic E-state index is 13.3. The van der Waals surface area contributed by atoms with Crippen molar-refractivity contribution in [3.8, 4) is 0 Å². The van der Waals surface area contributed by atoms with Gasteiger partial charge in [0.2, 0.25) is 5.82 Å². The number of benzene rings is 1. The largest absolute Gasteiger partial charge is 0.377 e. The Kier molecular flexibility index (Phi) is 4.01. The van der Waals surface area contributed by atoms with Crippen molar-refractivity contribution < 1.29 is 14.1 Å². The van der Waals surface area contributed by atoms with Gasteiger partial charge in [0.05, 0.1) is 10.5 Å². The van der Waals surface area contributed by atoms with E-state index in [0.717, 1.165) is 6.07 Å². The molecular formula is C11H15FN2O3. The van der Waals surface area contributed by atoms with E-state index in [2.05, 4.69) is 5.32 Å². The Morgan fingerprint density at radius 1 is 1.53 bits per heavy atom. The lowest BCUT2D eigenvalue weighted by Gasteiger charge is -2.23. The molecule has 0 saturated heterocycles. The third kappa shape index (κ3) is 3.39. The minimum absolute atomic E-state index is 0.153. The normalized spacial score (nSPS) is 11.3. The number of para-hydroxylation sites is 1. The number of hydrogen-bond acceptors (Lipinski definition) is 4. The molecule has 0 fully saturated rings. The first-order valence-corrected chi connectivity index (χ1v) is 5.09. The molecule has 1 N–H and O–H groups in total. The molecule has 17 heavy (non-hydrogen) atoms. The maximum atomic E-state index is 13.3. The highest BCUT2D eigenvalue weighted by Crippen LogP contribution is 2.27. The summed E-state index contributed by atoms with van der Waals surface area (Å²) in [7, 11) is 1.54. The molecule has 1 aromatic carbocycles. The summed E-state index contributed by atoms with van der Waals surface area (Å²) in [6, 6.07) is 3.95. The first-order chi connectivity index (χ1) is 7.87. The van der Waals surface area contributed by atoms with Gasteiger partial charge in [-0.25, -0.2) is 0 Å². The van der Waals surface area contributed by atoms with Gasteiger partial charge < -0.3 is 10.1 Å². The van der Waals surface area contributed by atoms with E-state index in [0.29, 0.717) is 6.54 Å². The van der Waals surface area contributed by atoms with Crippen LogP contribution in [0.2, 0.25) is 0 Å². The quantitative estimate of drug-likeness (QED) is 0.636. The SMILES string of the molecule is COC(C)(C)CNc1cccc(F)c1[N+](=O)[O-]. The second-order valence-electron chi connectivity index (χ2n) is 4.21. The number of hydrogen-bond donors (Lipinski definition) is 1. The van der Waals surface area contributed by atoms with Gasteiger partial charge in [-0.1, -0.05) is 6.07 Å². The number of methoxy groups -OCH3 is 1. The van der Waals surface area contributed by atoms with Crippen LogP contribution in [0.3, 0.4) is 0 Å². The standard InChI is InChI=1S/C11H15FN2O3/c1-11(2,17-3)7-13-9-6-4-5-8(12)10(9)14(15)16/h4-6,13H,7H2,1-3H3. The lowest BCUT2D eigenvalue weighted by atomic mass is 10.1. The molecule has 0 unspecified atom stereocenters. The van der Waals surface area contributed by atoms with Gasteiger partial charge in [0, 0.05) is 13.7 Å². The first-order valence-electron chi connectivity index (χ1n) is 5.09. The van der Waals surface area contributed by atoms with Crippen LogP contribution in [0.1, 0.15) is 13.8 Å². The summed E-state index contributed by atoms with van der Waals surface area (Å²) in [6.07, 6.45) is 0. The molecule has 6 heteroatoms. The number of ether oxygens (including phenoxy) is 1. The zero-order valence-electron chi connectivity index (χ0n) is 9.99. The van der Waals surface area contributed by atoms with E-state index in [1.807, 2.05) is 13.8 Å². The molecule has 5 nitrogen and oxygen atoms in total. The molecule has 0 saturated carbocycles. The molecule has 1 rings (SSSR count). The Balaban J connectivity index is 2.92. The van der Waals surface area contributed by atoms with Gasteiger partial charge in [-0.05, 0) is 26.0 Å². The van der Waals surface area contributed by atoms with Crippen LogP contribution in [0.25, 0.3) is 0 Å². The minimum Gasteiger partial charge on any atom is -0.377 e. The topological polar surface area (TPSA) is 64.4 Å². The van der Waals surface area contributed by atoms with Crippen LogP contribution in [0.5, 0.6) is 0 Å². The Morgan fingerprint density at radius 3 is 2.71 bits per heavy atom. The minimum atomic E-state index is -0.852. The fourth-order valence-corrected chi connectivity index (χ4v) is 1.22. The zero-order valence-corrected chi connectivity index (χ0v) is 9.99. The van der Waals surface area contributed by atoms with Crippen molar-refractivity contribution in [2.45, 2.75) is 19.4 Å². The van der Waals surface area contributed by atoms with Gasteiger partial charge in [0.1, 0.15) is 5.69 Å². The highest BCUT2D eigenvalue weighted by atomic mass is 19.1. The maximum Gasteiger partial charge on any atom is 0.327 e. The summed E-state index contributed by atoms with van der Waals surface area (Å²) in [6.45, 7) is 3.99. The Hall–Kier alpha value is -1.69. The molecule has 0 heterocycles. The number of nitrogens with zero attached hydrogens (tertiary/aromatic N) is 1. The van der Waals surface area contributed by atoms with Crippen LogP contribution in [0, 0.1) is 15.9 Å². The summed E-state index contributed by atoms with van der Waals surface area (Å²) in [5.74, 6) is -0.852. The lowest BCUT2D eigenvalue weighted by molar-refractivity contribution is -0.386. The Labute approximate surface area is 98.7 Å². The van der Waals surface area contributed by atoms with E-state index < -0.39 is 22.0 Å². The van der Waals surface area contributed by atoms with E-state index in [-0.39, 0.29) is 5.69 Å². The Morgan fingerprint density at radius 2 is 2.18 bits per heavy atom. The molecule has 1 aromatic rings. The molecule has 0 radical (unpaired) electrons. The van der Waals surface area contributed by atoms with Crippen molar-refractivity contribution in [1.29, 1.82) is 0 Å². The van der Waals surface area contributed by atoms with E-state index >= 15 is 0 Å². The van der Waals surface area contributed by atoms with E-state index in [1.54, 1.807) is 7.11 Å². The Bertz CT molecular complexity index is 421. The van der Waals surface area contributed by atoms with Gasteiger partial charge in [0.15, 0.2) is 0 Å². The fraction of sp³-hybridized carbons (Fsp3) is 0.455. The predicted octanol–water partition coefficient (Wildman–Crippen LogP) is 2.57. The third-order valence-electron chi connectivity index (χ3n) is 2.43. The van der Waals surface area contributed by atoms with Crippen LogP contribution >= 0.6 is 0 Å². The molecule has 0 aromatic heterocycles. The van der Waals surface area contributed by atoms with E-state index in [4.69, 9.17) is 4.74 Å². The molecule has 0 bridgehead atoms. The second-order valence-corrected chi connectivity index (χ2v) is 4.21. The third-order valence-corrected chi connectivity index (χ3v) is 2.43. The smallest absolute Gasteiger partial charge is 0.327 e. The summed E-state index contributed by atoms with van der Waals surface area (Å²) in [5.41, 5.74) is -0.875. The summed E-state index contributed by atoms with van der Waals surface area (Å²) in [4.78, 5) is 9.99. The number of anilines is 1. The van der Waals surface area contributed by atoms with Gasteiger partial charge >= 0.3 is 5.69 Å². The number of nitrogens with one attached hydrogen (secondary N) is 1. The highest BCUT2D eigenvalue weighted by Gasteiger charge is 2.22. The highest BCUT2D eigenvalue weighted by molar-refractivity contribution is 5.62. The molecular weight excluding hydrogens is 227 g/mol. The van der Waals surface area contributed by atoms with Crippen LogP contribution in [-0.2, 0) is 4.74 Å². The first kappa shape index (κ1) is 13.4. The van der Waals surface area contributed by atoms with Crippen LogP contribution in [0.4, 0.5) is 15.8 Å². The summed E-state index contributed by atoms with van der Waals surface area (Å²) >= 11 is 0. The van der Waals surface area contributed by atoms with Crippen LogP contribution in [-0.4, -0.2) is 24.2 Å². The monoisotopic (exact) mass is 242 g/mol. The van der Waals surface area contributed by atoms with Crippen molar-refractivity contribution in [3.63, 3.8) is 0 Å². The zero-order chi connectivity index (χ0) is 13.1. The van der Waals surface area contributed by atoms with Crippen LogP contribution < -0.4 is 5.32 Å². The number of nitro groups is 1. The van der Waals surface area contributed by atoms with Crippen LogP contribution in [0.15, 0.2) is 18.2 Å². The average molecular weight is 242 g/mol. The molecule has 0 aliphatic carbocycles. The molecule has 0 aliphatic heterocycles. The molecule has 94 valence electrons. The van der Waals surface area contributed by atoms with Crippen molar-refractivity contribution in [2.24, 2.45) is 0 Å². The molecule has 0 amide bonds. The van der Waals surface area contributed by atoms with E-state index in [9.17, 15) is 14.5 Å². The van der Waals surface area contributed by atoms with Crippen molar-refractivity contribution in [3.05, 3.63) is 34.1 Å². The summed E-state index contributed by atoms with van der Waals surface area (Å²) in [5, 5.41) is 13.6. The second kappa shape index (κ2) is 5.09. The number of halogens is 1. The van der Waals surface area contributed by atoms with Gasteiger partial charge in [-0.15, -0.1) is 0 Å². The van der Waals surface area contributed by atoms with Crippen molar-refractivity contribution >= 4 is 11.4 Å². The van der Waals surface area contributed by atoms with Gasteiger partial charge in [-0.3, -0.25) is 10.1 Å². The summed E-state index contributed by atoms with van der Waals surface area (Å²) < 4.78 is 18.5.